The van der Waals surface area contributed by atoms with Crippen molar-refractivity contribution >= 4 is 5.69 Å². The van der Waals surface area contributed by atoms with Gasteiger partial charge >= 0.3 is 0 Å². The molecule has 1 aromatic rings. The fourth-order valence-corrected chi connectivity index (χ4v) is 3.17. The lowest BCUT2D eigenvalue weighted by atomic mass is 10.0. The highest BCUT2D eigenvalue weighted by Gasteiger charge is 2.31. The fourth-order valence-electron chi connectivity index (χ4n) is 3.17. The monoisotopic (exact) mass is 290 g/mol. The molecule has 0 aliphatic carbocycles. The highest BCUT2D eigenvalue weighted by atomic mass is 16.7. The van der Waals surface area contributed by atoms with E-state index in [2.05, 4.69) is 29.3 Å². The first kappa shape index (κ1) is 14.5. The molecule has 0 radical (unpaired) electrons. The van der Waals surface area contributed by atoms with Crippen LogP contribution in [-0.2, 0) is 0 Å². The molecule has 1 N–H and O–H groups in total. The third-order valence-corrected chi connectivity index (χ3v) is 4.15. The fraction of sp³-hybridized carbons (Fsp3) is 0.647. The quantitative estimate of drug-likeness (QED) is 0.920. The summed E-state index contributed by atoms with van der Waals surface area (Å²) in [5.41, 5.74) is 1.13. The molecule has 0 spiro atoms. The minimum atomic E-state index is -0.549. The van der Waals surface area contributed by atoms with E-state index < -0.39 is 5.79 Å². The van der Waals surface area contributed by atoms with Gasteiger partial charge in [0, 0.05) is 44.7 Å². The van der Waals surface area contributed by atoms with E-state index in [9.17, 15) is 0 Å². The number of hydrogen-bond acceptors (Lipinski definition) is 4. The standard InChI is InChI=1S/C17H26N2O2/c1-4-9-19-10-7-13(8-11-19)18-14-5-6-15-16(12-14)21-17(2,3)20-15/h5-6,12-13,18H,4,7-11H2,1-3H3. The first-order valence-corrected chi connectivity index (χ1v) is 8.07. The maximum Gasteiger partial charge on any atom is 0.246 e. The number of anilines is 1. The van der Waals surface area contributed by atoms with Gasteiger partial charge in [-0.05, 0) is 37.9 Å². The number of likely N-dealkylation sites (tertiary alicyclic amines) is 1. The van der Waals surface area contributed by atoms with Crippen LogP contribution in [0.5, 0.6) is 11.5 Å². The Morgan fingerprint density at radius 2 is 1.90 bits per heavy atom. The molecule has 0 amide bonds. The minimum Gasteiger partial charge on any atom is -0.449 e. The molecule has 0 bridgehead atoms. The van der Waals surface area contributed by atoms with Crippen LogP contribution in [0.15, 0.2) is 18.2 Å². The van der Waals surface area contributed by atoms with Gasteiger partial charge in [-0.1, -0.05) is 6.92 Å². The molecular formula is C17H26N2O2. The van der Waals surface area contributed by atoms with Crippen molar-refractivity contribution in [2.75, 3.05) is 25.0 Å². The van der Waals surface area contributed by atoms with Crippen LogP contribution in [-0.4, -0.2) is 36.4 Å². The Bertz CT molecular complexity index is 494. The van der Waals surface area contributed by atoms with Gasteiger partial charge in [-0.25, -0.2) is 0 Å². The summed E-state index contributed by atoms with van der Waals surface area (Å²) in [5.74, 6) is 1.13. The van der Waals surface area contributed by atoms with Crippen molar-refractivity contribution in [2.45, 2.75) is 51.9 Å². The second-order valence-corrected chi connectivity index (χ2v) is 6.53. The zero-order chi connectivity index (χ0) is 14.9. The maximum absolute atomic E-state index is 5.80. The van der Waals surface area contributed by atoms with E-state index in [-0.39, 0.29) is 0 Å². The van der Waals surface area contributed by atoms with Gasteiger partial charge < -0.3 is 19.7 Å². The highest BCUT2D eigenvalue weighted by Crippen LogP contribution is 2.40. The van der Waals surface area contributed by atoms with E-state index in [0.29, 0.717) is 6.04 Å². The summed E-state index contributed by atoms with van der Waals surface area (Å²) in [6, 6.07) is 6.70. The number of ether oxygens (including phenoxy) is 2. The van der Waals surface area contributed by atoms with Gasteiger partial charge in [0.05, 0.1) is 0 Å². The molecule has 0 atom stereocenters. The van der Waals surface area contributed by atoms with Crippen molar-refractivity contribution in [1.82, 2.24) is 4.90 Å². The number of benzene rings is 1. The lowest BCUT2D eigenvalue weighted by Gasteiger charge is -2.32. The van der Waals surface area contributed by atoms with E-state index in [0.717, 1.165) is 17.2 Å². The van der Waals surface area contributed by atoms with E-state index in [1.807, 2.05) is 19.9 Å². The average molecular weight is 290 g/mol. The van der Waals surface area contributed by atoms with E-state index in [4.69, 9.17) is 9.47 Å². The SMILES string of the molecule is CCCN1CCC(Nc2ccc3c(c2)OC(C)(C)O3)CC1. The third kappa shape index (κ3) is 3.43. The lowest BCUT2D eigenvalue weighted by molar-refractivity contribution is -0.0431. The van der Waals surface area contributed by atoms with Crippen molar-refractivity contribution in [1.29, 1.82) is 0 Å². The summed E-state index contributed by atoms with van der Waals surface area (Å²) in [4.78, 5) is 2.56. The van der Waals surface area contributed by atoms with Gasteiger partial charge in [0.2, 0.25) is 5.79 Å². The minimum absolute atomic E-state index is 0.549. The number of nitrogens with zero attached hydrogens (tertiary/aromatic N) is 1. The van der Waals surface area contributed by atoms with Crippen LogP contribution in [0.3, 0.4) is 0 Å². The molecule has 2 heterocycles. The predicted octanol–water partition coefficient (Wildman–Crippen LogP) is 3.48. The number of piperidine rings is 1. The molecule has 0 saturated carbocycles. The summed E-state index contributed by atoms with van der Waals surface area (Å²) in [5, 5.41) is 3.64. The molecule has 21 heavy (non-hydrogen) atoms. The zero-order valence-electron chi connectivity index (χ0n) is 13.3. The first-order chi connectivity index (χ1) is 10.1. The summed E-state index contributed by atoms with van der Waals surface area (Å²) >= 11 is 0. The van der Waals surface area contributed by atoms with Crippen LogP contribution in [0, 0.1) is 0 Å². The molecule has 0 unspecified atom stereocenters. The zero-order valence-corrected chi connectivity index (χ0v) is 13.3. The van der Waals surface area contributed by atoms with Gasteiger partial charge in [-0.15, -0.1) is 0 Å². The predicted molar refractivity (Wildman–Crippen MR) is 85.2 cm³/mol. The van der Waals surface area contributed by atoms with E-state index in [1.165, 1.54) is 38.9 Å². The lowest BCUT2D eigenvalue weighted by Crippen LogP contribution is -2.39. The molecule has 4 nitrogen and oxygen atoms in total. The molecule has 2 aliphatic rings. The molecule has 2 aliphatic heterocycles. The second-order valence-electron chi connectivity index (χ2n) is 6.53. The normalized spacial score (nSPS) is 21.5. The summed E-state index contributed by atoms with van der Waals surface area (Å²) in [7, 11) is 0. The van der Waals surface area contributed by atoms with Crippen LogP contribution in [0.25, 0.3) is 0 Å². The molecule has 1 aromatic carbocycles. The first-order valence-electron chi connectivity index (χ1n) is 8.07. The Morgan fingerprint density at radius 1 is 1.19 bits per heavy atom. The number of fused-ring (bicyclic) bond motifs is 1. The molecule has 1 fully saturated rings. The molecule has 4 heteroatoms. The van der Waals surface area contributed by atoms with Crippen LogP contribution in [0.1, 0.15) is 40.0 Å². The van der Waals surface area contributed by atoms with E-state index >= 15 is 0 Å². The Labute approximate surface area is 127 Å². The molecule has 116 valence electrons. The number of nitrogens with one attached hydrogen (secondary N) is 1. The van der Waals surface area contributed by atoms with Crippen molar-refractivity contribution in [2.24, 2.45) is 0 Å². The smallest absolute Gasteiger partial charge is 0.246 e. The van der Waals surface area contributed by atoms with Crippen molar-refractivity contribution < 1.29 is 9.47 Å². The Morgan fingerprint density at radius 3 is 2.62 bits per heavy atom. The molecule has 0 aromatic heterocycles. The highest BCUT2D eigenvalue weighted by molar-refractivity contribution is 5.56. The van der Waals surface area contributed by atoms with Crippen LogP contribution < -0.4 is 14.8 Å². The molecule has 3 rings (SSSR count). The van der Waals surface area contributed by atoms with Crippen LogP contribution in [0.2, 0.25) is 0 Å². The van der Waals surface area contributed by atoms with Crippen LogP contribution in [0.4, 0.5) is 5.69 Å². The van der Waals surface area contributed by atoms with Crippen molar-refractivity contribution in [3.8, 4) is 11.5 Å². The maximum atomic E-state index is 5.80. The number of rotatable bonds is 4. The van der Waals surface area contributed by atoms with Gasteiger partial charge in [-0.3, -0.25) is 0 Å². The Balaban J connectivity index is 1.58. The largest absolute Gasteiger partial charge is 0.449 e. The van der Waals surface area contributed by atoms with Gasteiger partial charge in [0.25, 0.3) is 0 Å². The van der Waals surface area contributed by atoms with E-state index in [1.54, 1.807) is 0 Å². The van der Waals surface area contributed by atoms with Gasteiger partial charge in [0.15, 0.2) is 11.5 Å². The summed E-state index contributed by atoms with van der Waals surface area (Å²) in [6.45, 7) is 9.74. The summed E-state index contributed by atoms with van der Waals surface area (Å²) in [6.07, 6.45) is 3.66. The third-order valence-electron chi connectivity index (χ3n) is 4.15. The van der Waals surface area contributed by atoms with Crippen molar-refractivity contribution in [3.63, 3.8) is 0 Å². The number of hydrogen-bond donors (Lipinski definition) is 1. The Hall–Kier alpha value is -1.42. The average Bonchev–Trinajstić information content (AvgIpc) is 2.74. The van der Waals surface area contributed by atoms with Crippen molar-refractivity contribution in [3.05, 3.63) is 18.2 Å². The van der Waals surface area contributed by atoms with Gasteiger partial charge in [0.1, 0.15) is 0 Å². The van der Waals surface area contributed by atoms with Crippen LogP contribution >= 0.6 is 0 Å². The van der Waals surface area contributed by atoms with Gasteiger partial charge in [-0.2, -0.15) is 0 Å². The topological polar surface area (TPSA) is 33.7 Å². The second kappa shape index (κ2) is 5.76. The molecular weight excluding hydrogens is 264 g/mol. The molecule has 1 saturated heterocycles. The summed E-state index contributed by atoms with van der Waals surface area (Å²) < 4.78 is 11.5. The Kier molecular flexibility index (Phi) is 3.98.